The van der Waals surface area contributed by atoms with Crippen LogP contribution in [0.1, 0.15) is 227 Å². The number of carboxylic acids is 2. The molecular formula is C64H96MnO16+2. The monoisotopic (exact) mass is 1180 g/mol. The number of carboxylic acid groups (broad SMARTS) is 2. The maximum atomic E-state index is 14.4. The number of carbonyl (C=O) groups excluding carboxylic acids is 2. The van der Waals surface area contributed by atoms with E-state index in [9.17, 15) is 49.8 Å². The Labute approximate surface area is 491 Å². The number of hydrogen-bond donors (Lipinski definition) is 6. The van der Waals surface area contributed by atoms with Crippen LogP contribution < -0.4 is 0 Å². The number of fused-ring (bicyclic) bond motifs is 6. The normalized spacial score (nSPS) is 31.0. The molecule has 5 aliphatic heterocycles. The van der Waals surface area contributed by atoms with Gasteiger partial charge in [-0.05, 0) is 217 Å². The van der Waals surface area contributed by atoms with E-state index >= 15 is 0 Å². The largest absolute Gasteiger partial charge is 2.00 e. The quantitative estimate of drug-likeness (QED) is 0.0854. The third kappa shape index (κ3) is 18.6. The first-order chi connectivity index (χ1) is 38.1. The van der Waals surface area contributed by atoms with Crippen molar-refractivity contribution in [2.45, 2.75) is 282 Å². The van der Waals surface area contributed by atoms with Crippen LogP contribution in [-0.2, 0) is 67.9 Å². The number of aryl methyl sites for hydroxylation is 2. The van der Waals surface area contributed by atoms with Crippen LogP contribution in [0.15, 0.2) is 36.4 Å². The first-order valence-corrected chi connectivity index (χ1v) is 30.6. The van der Waals surface area contributed by atoms with Gasteiger partial charge in [0.1, 0.15) is 34.8 Å². The molecule has 81 heavy (non-hydrogen) atoms. The van der Waals surface area contributed by atoms with Gasteiger partial charge in [0.15, 0.2) is 0 Å². The van der Waals surface area contributed by atoms with Gasteiger partial charge >= 0.3 is 40.9 Å². The maximum Gasteiger partial charge on any atom is 2.00 e. The molecule has 2 aromatic carbocycles. The summed E-state index contributed by atoms with van der Waals surface area (Å²) < 4.78 is 38.9. The number of aliphatic hydroxyl groups excluding tert-OH is 2. The smallest absolute Gasteiger partial charge is 0.507 e. The number of phenolic OH excluding ortho intramolecular Hbond substituents is 2. The number of cyclic esters (lactones) is 2. The van der Waals surface area contributed by atoms with Crippen molar-refractivity contribution in [3.8, 4) is 11.5 Å². The molecule has 0 spiro atoms. The van der Waals surface area contributed by atoms with E-state index in [4.69, 9.17) is 28.4 Å². The number of hydrogen-bond acceptors (Lipinski definition) is 14. The average Bonchev–Trinajstić information content (AvgIpc) is 3.42. The van der Waals surface area contributed by atoms with Gasteiger partial charge in [-0.1, -0.05) is 38.1 Å². The fraction of sp³-hybridized carbons (Fsp3) is 0.750. The van der Waals surface area contributed by atoms with Gasteiger partial charge in [-0.3, -0.25) is 9.59 Å². The molecule has 0 aromatic heterocycles. The molecule has 6 N–H and O–H groups in total. The number of aromatic hydroxyl groups is 2. The summed E-state index contributed by atoms with van der Waals surface area (Å²) in [5, 5.41) is 65.8. The summed E-state index contributed by atoms with van der Waals surface area (Å²) in [5.41, 5.74) is -0.609. The maximum absolute atomic E-state index is 14.4. The van der Waals surface area contributed by atoms with E-state index in [2.05, 4.69) is 0 Å². The SMILES string of the molecule is C[C@H]1CC[C@H]2CCC[C@@H](CCCc3cccc(O)c3C(=O)O[C@H](C[C@@H](O)C[C@@H]3CCC[C@H](C(C)(C)C(=O)O)O3)[C@@H](C)CC[C@@H]3CCC[C@H](CCCc4cccc(O)c4C(=O)O[C@@H]1C[C@@H](O)C[C@@H]1CCC[C@H](C(C)(C)C(=O)O)O1)O3)O2.[Mn+2]. The molecular weight excluding hydrogens is 1080 g/mol. The second kappa shape index (κ2) is 30.8. The van der Waals surface area contributed by atoms with Crippen molar-refractivity contribution in [3.63, 3.8) is 0 Å². The van der Waals surface area contributed by atoms with Gasteiger partial charge in [-0.2, -0.15) is 0 Å². The van der Waals surface area contributed by atoms with Crippen molar-refractivity contribution in [2.75, 3.05) is 0 Å². The molecule has 0 aliphatic carbocycles. The van der Waals surface area contributed by atoms with Crippen molar-refractivity contribution in [1.29, 1.82) is 0 Å². The first kappa shape index (κ1) is 66.3. The Kier molecular flexibility index (Phi) is 25.3. The minimum atomic E-state index is -1.09. The Balaban J connectivity index is 0.0000106. The van der Waals surface area contributed by atoms with Gasteiger partial charge in [0, 0.05) is 12.8 Å². The van der Waals surface area contributed by atoms with Gasteiger partial charge in [0.2, 0.25) is 0 Å². The second-order valence-corrected chi connectivity index (χ2v) is 25.7. The van der Waals surface area contributed by atoms with E-state index in [0.717, 1.165) is 64.2 Å². The zero-order chi connectivity index (χ0) is 57.7. The molecule has 1 radical (unpaired) electrons. The Morgan fingerprint density at radius 2 is 0.840 bits per heavy atom. The number of benzene rings is 2. The molecule has 14 atom stereocenters. The van der Waals surface area contributed by atoms with Crippen LogP contribution in [-0.4, -0.2) is 128 Å². The predicted molar refractivity (Wildman–Crippen MR) is 301 cm³/mol. The standard InChI is InChI=1S/C64H96O16.Mn/c1-39-31-33-47-23-11-21-45(75-47)19-8-16-42-18-10-28-52(68)58(42)60(70)80-54(38-44(66)36-50-26-14-30-56(78-50)64(5,6)62(73)74)40(2)32-34-48-24-12-22-46(76-48)20-7-15-41-17-9-27-51(67)57(41)59(69)79-53(39)37-43(65)35-49-25-13-29-55(77-49)63(3,4)61(71)72;/h9-10,17-18,27-28,39-40,43-50,53-56,65-68H,7-8,11-16,19-26,29-38H2,1-6H3,(H,71,72)(H,73,74);/q;+2/t39-,40-,43-,44-,45-,46+,47-,48+,49-,50-,53+,54+,55+,56+;/m0./s1. The number of rotatable bonds is 12. The predicted octanol–water partition coefficient (Wildman–Crippen LogP) is 11.6. The molecule has 453 valence electrons. The van der Waals surface area contributed by atoms with Crippen LogP contribution in [0, 0.1) is 22.7 Å². The molecule has 5 aliphatic rings. The molecule has 2 aromatic rings. The summed E-state index contributed by atoms with van der Waals surface area (Å²) in [4.78, 5) is 53.1. The third-order valence-corrected chi connectivity index (χ3v) is 18.6. The summed E-state index contributed by atoms with van der Waals surface area (Å²) in [5.74, 6) is -3.90. The van der Waals surface area contributed by atoms with Crippen molar-refractivity contribution in [1.82, 2.24) is 0 Å². The molecule has 4 bridgehead atoms. The van der Waals surface area contributed by atoms with Crippen molar-refractivity contribution in [3.05, 3.63) is 58.7 Å². The molecule has 16 nitrogen and oxygen atoms in total. The zero-order valence-electron chi connectivity index (χ0n) is 49.1. The summed E-state index contributed by atoms with van der Waals surface area (Å²) in [7, 11) is 0. The van der Waals surface area contributed by atoms with E-state index in [0.29, 0.717) is 88.2 Å². The third-order valence-electron chi connectivity index (χ3n) is 18.6. The molecule has 17 heteroatoms. The number of phenols is 2. The number of aliphatic carboxylic acids is 2. The van der Waals surface area contributed by atoms with Crippen LogP contribution in [0.3, 0.4) is 0 Å². The summed E-state index contributed by atoms with van der Waals surface area (Å²) in [6, 6.07) is 10.2. The second-order valence-electron chi connectivity index (χ2n) is 25.7. The number of esters is 2. The Hall–Kier alpha value is -3.80. The Morgan fingerprint density at radius 1 is 0.494 bits per heavy atom. The summed E-state index contributed by atoms with van der Waals surface area (Å²) >= 11 is 0. The van der Waals surface area contributed by atoms with Gasteiger partial charge in [-0.15, -0.1) is 0 Å². The van der Waals surface area contributed by atoms with E-state index < -0.39 is 71.3 Å². The summed E-state index contributed by atoms with van der Waals surface area (Å²) in [6.45, 7) is 10.7. The number of ether oxygens (including phenoxy) is 6. The minimum Gasteiger partial charge on any atom is -0.507 e. The van der Waals surface area contributed by atoms with Crippen LogP contribution >= 0.6 is 0 Å². The van der Waals surface area contributed by atoms with Gasteiger partial charge in [-0.25, -0.2) is 9.59 Å². The van der Waals surface area contributed by atoms with Crippen LogP contribution in [0.4, 0.5) is 0 Å². The van der Waals surface area contributed by atoms with Crippen LogP contribution in [0.2, 0.25) is 0 Å². The van der Waals surface area contributed by atoms with Crippen molar-refractivity contribution in [2.24, 2.45) is 22.7 Å². The van der Waals surface area contributed by atoms with Gasteiger partial charge in [0.05, 0.1) is 71.9 Å². The van der Waals surface area contributed by atoms with Crippen LogP contribution in [0.5, 0.6) is 11.5 Å². The van der Waals surface area contributed by atoms with Crippen molar-refractivity contribution >= 4 is 23.9 Å². The minimum absolute atomic E-state index is 0. The number of aliphatic hydroxyl groups is 2. The molecule has 5 heterocycles. The Morgan fingerprint density at radius 3 is 1.21 bits per heavy atom. The van der Waals surface area contributed by atoms with Crippen LogP contribution in [0.25, 0.3) is 0 Å². The van der Waals surface area contributed by atoms with E-state index in [-0.39, 0.29) is 114 Å². The van der Waals surface area contributed by atoms with Gasteiger partial charge in [0.25, 0.3) is 0 Å². The van der Waals surface area contributed by atoms with Gasteiger partial charge < -0.3 is 59.1 Å². The first-order valence-electron chi connectivity index (χ1n) is 30.6. The number of carbonyl (C=O) groups is 4. The fourth-order valence-corrected chi connectivity index (χ4v) is 13.2. The van der Waals surface area contributed by atoms with E-state index in [1.54, 1.807) is 39.8 Å². The van der Waals surface area contributed by atoms with Crippen molar-refractivity contribution < 1.29 is 95.3 Å². The van der Waals surface area contributed by atoms with E-state index in [1.807, 2.05) is 26.0 Å². The molecule has 7 rings (SSSR count). The molecule has 4 saturated heterocycles. The Bertz CT molecular complexity index is 2180. The average molecular weight is 1180 g/mol. The summed E-state index contributed by atoms with van der Waals surface area (Å²) in [6.07, 6.45) is 11.7. The fourth-order valence-electron chi connectivity index (χ4n) is 13.2. The molecule has 4 fully saturated rings. The molecule has 0 amide bonds. The van der Waals surface area contributed by atoms with E-state index in [1.165, 1.54) is 12.1 Å². The zero-order valence-corrected chi connectivity index (χ0v) is 50.3. The molecule has 0 saturated carbocycles. The topological polar surface area (TPSA) is 245 Å². The molecule has 0 unspecified atom stereocenters.